The molecule has 2 aromatic rings. The lowest BCUT2D eigenvalue weighted by atomic mass is 9.54. The van der Waals surface area contributed by atoms with Crippen LogP contribution in [0.4, 0.5) is 0 Å². The van der Waals surface area contributed by atoms with Crippen molar-refractivity contribution in [2.75, 3.05) is 20.3 Å². The molecule has 4 saturated carbocycles. The lowest BCUT2D eigenvalue weighted by molar-refractivity contribution is -0.174. The second-order valence-corrected chi connectivity index (χ2v) is 10.1. The summed E-state index contributed by atoms with van der Waals surface area (Å²) in [7, 11) is 3.66. The van der Waals surface area contributed by atoms with E-state index in [1.165, 1.54) is 38.5 Å². The zero-order chi connectivity index (χ0) is 21.4. The number of methoxy groups -OCH3 is 1. The van der Waals surface area contributed by atoms with Crippen LogP contribution < -0.4 is 10.1 Å². The first kappa shape index (κ1) is 23.6. The SMILES string of the molecule is COc1cccc(C(NCC(O)COC23CC4CC(CC(C4)C2)C3)c2nccn2C)c1.Cl. The van der Waals surface area contributed by atoms with E-state index in [4.69, 9.17) is 9.47 Å². The number of aliphatic hydroxyl groups excluding tert-OH is 1. The Kier molecular flexibility index (Phi) is 7.15. The molecule has 0 amide bonds. The van der Waals surface area contributed by atoms with E-state index in [1.54, 1.807) is 13.3 Å². The van der Waals surface area contributed by atoms with Crippen LogP contribution in [0.3, 0.4) is 0 Å². The highest BCUT2D eigenvalue weighted by Crippen LogP contribution is 2.57. The van der Waals surface area contributed by atoms with Gasteiger partial charge >= 0.3 is 0 Å². The normalized spacial score (nSPS) is 30.0. The van der Waals surface area contributed by atoms with Gasteiger partial charge in [-0.1, -0.05) is 12.1 Å². The maximum absolute atomic E-state index is 10.8. The number of hydrogen-bond acceptors (Lipinski definition) is 5. The summed E-state index contributed by atoms with van der Waals surface area (Å²) in [6, 6.07) is 7.87. The maximum atomic E-state index is 10.8. The Morgan fingerprint density at radius 3 is 2.47 bits per heavy atom. The molecule has 4 aliphatic rings. The van der Waals surface area contributed by atoms with E-state index in [2.05, 4.69) is 16.4 Å². The van der Waals surface area contributed by atoms with E-state index in [1.807, 2.05) is 36.0 Å². The summed E-state index contributed by atoms with van der Waals surface area (Å²) in [5.41, 5.74) is 1.09. The Balaban J connectivity index is 0.00000245. The summed E-state index contributed by atoms with van der Waals surface area (Å²) in [6.07, 6.45) is 11.0. The Labute approximate surface area is 197 Å². The Bertz CT molecular complexity index is 867. The molecule has 0 aliphatic heterocycles. The van der Waals surface area contributed by atoms with Gasteiger partial charge < -0.3 is 24.5 Å². The van der Waals surface area contributed by atoms with E-state index < -0.39 is 6.10 Å². The van der Waals surface area contributed by atoms with E-state index in [9.17, 15) is 5.11 Å². The third-order valence-electron chi connectivity index (χ3n) is 7.67. The van der Waals surface area contributed by atoms with Gasteiger partial charge in [0.1, 0.15) is 11.6 Å². The van der Waals surface area contributed by atoms with Crippen LogP contribution in [0.5, 0.6) is 5.75 Å². The predicted octanol–water partition coefficient (Wildman–Crippen LogP) is 3.88. The van der Waals surface area contributed by atoms with Crippen LogP contribution in [-0.4, -0.2) is 46.6 Å². The fourth-order valence-corrected chi connectivity index (χ4v) is 6.63. The van der Waals surface area contributed by atoms with Crippen LogP contribution in [-0.2, 0) is 11.8 Å². The summed E-state index contributed by atoms with van der Waals surface area (Å²) >= 11 is 0. The number of benzene rings is 1. The van der Waals surface area contributed by atoms with E-state index >= 15 is 0 Å². The van der Waals surface area contributed by atoms with Crippen molar-refractivity contribution in [1.29, 1.82) is 0 Å². The highest BCUT2D eigenvalue weighted by atomic mass is 35.5. The number of aliphatic hydroxyl groups is 1. The zero-order valence-corrected chi connectivity index (χ0v) is 19.9. The number of halogens is 1. The first-order chi connectivity index (χ1) is 15.0. The average Bonchev–Trinajstić information content (AvgIpc) is 3.17. The largest absolute Gasteiger partial charge is 0.497 e. The molecule has 4 aliphatic carbocycles. The van der Waals surface area contributed by atoms with Crippen LogP contribution in [0.25, 0.3) is 0 Å². The van der Waals surface area contributed by atoms with Crippen molar-refractivity contribution in [1.82, 2.24) is 14.9 Å². The third-order valence-corrected chi connectivity index (χ3v) is 7.67. The van der Waals surface area contributed by atoms with Crippen LogP contribution in [0, 0.1) is 17.8 Å². The molecule has 6 rings (SSSR count). The lowest BCUT2D eigenvalue weighted by Gasteiger charge is -2.56. The fraction of sp³-hybridized carbons (Fsp3) is 0.640. The Hall–Kier alpha value is -1.60. The van der Waals surface area contributed by atoms with Crippen LogP contribution in [0.2, 0.25) is 0 Å². The number of ether oxygens (including phenoxy) is 2. The minimum absolute atomic E-state index is 0. The quantitative estimate of drug-likeness (QED) is 0.593. The van der Waals surface area contributed by atoms with Gasteiger partial charge in [-0.25, -0.2) is 4.98 Å². The summed E-state index contributed by atoms with van der Waals surface area (Å²) in [6.45, 7) is 0.839. The van der Waals surface area contributed by atoms with E-state index in [-0.39, 0.29) is 24.0 Å². The van der Waals surface area contributed by atoms with Crippen molar-refractivity contribution in [3.8, 4) is 5.75 Å². The molecule has 1 heterocycles. The van der Waals surface area contributed by atoms with Gasteiger partial charge in [0, 0.05) is 26.0 Å². The maximum Gasteiger partial charge on any atom is 0.130 e. The zero-order valence-electron chi connectivity index (χ0n) is 19.1. The summed E-state index contributed by atoms with van der Waals surface area (Å²) < 4.78 is 13.9. The number of rotatable bonds is 9. The second-order valence-electron chi connectivity index (χ2n) is 10.1. The number of aryl methyl sites for hydroxylation is 1. The van der Waals surface area contributed by atoms with Crippen molar-refractivity contribution < 1.29 is 14.6 Å². The van der Waals surface area contributed by atoms with Crippen LogP contribution in [0.1, 0.15) is 56.0 Å². The van der Waals surface area contributed by atoms with Crippen LogP contribution >= 0.6 is 12.4 Å². The third kappa shape index (κ3) is 4.84. The first-order valence-electron chi connectivity index (χ1n) is 11.7. The molecule has 2 atom stereocenters. The van der Waals surface area contributed by atoms with Crippen molar-refractivity contribution in [3.63, 3.8) is 0 Å². The number of nitrogens with zero attached hydrogens (tertiary/aromatic N) is 2. The summed E-state index contributed by atoms with van der Waals surface area (Å²) in [5, 5.41) is 14.3. The molecule has 4 bridgehead atoms. The molecule has 4 fully saturated rings. The smallest absolute Gasteiger partial charge is 0.130 e. The summed E-state index contributed by atoms with van der Waals surface area (Å²) in [5.74, 6) is 4.26. The molecule has 0 spiro atoms. The van der Waals surface area contributed by atoms with Crippen molar-refractivity contribution in [2.45, 2.75) is 56.3 Å². The minimum atomic E-state index is -0.554. The van der Waals surface area contributed by atoms with Gasteiger partial charge in [0.2, 0.25) is 0 Å². The molecule has 7 heteroatoms. The number of hydrogen-bond donors (Lipinski definition) is 2. The molecule has 1 aromatic heterocycles. The molecule has 6 nitrogen and oxygen atoms in total. The van der Waals surface area contributed by atoms with Gasteiger partial charge in [0.15, 0.2) is 0 Å². The van der Waals surface area contributed by atoms with Gasteiger partial charge in [0.25, 0.3) is 0 Å². The topological polar surface area (TPSA) is 68.5 Å². The molecule has 1 aromatic carbocycles. The molecule has 32 heavy (non-hydrogen) atoms. The van der Waals surface area contributed by atoms with Gasteiger partial charge in [-0.05, 0) is 74.0 Å². The lowest BCUT2D eigenvalue weighted by Crippen LogP contribution is -2.53. The first-order valence-corrected chi connectivity index (χ1v) is 11.7. The monoisotopic (exact) mass is 461 g/mol. The van der Waals surface area contributed by atoms with E-state index in [0.29, 0.717) is 13.2 Å². The van der Waals surface area contributed by atoms with Gasteiger partial charge in [-0.2, -0.15) is 0 Å². The molecule has 0 saturated heterocycles. The Morgan fingerprint density at radius 1 is 1.19 bits per heavy atom. The molecular formula is C25H36ClN3O3. The highest BCUT2D eigenvalue weighted by molar-refractivity contribution is 5.85. The van der Waals surface area contributed by atoms with Gasteiger partial charge in [-0.3, -0.25) is 0 Å². The Morgan fingerprint density at radius 2 is 1.88 bits per heavy atom. The minimum Gasteiger partial charge on any atom is -0.497 e. The molecule has 2 unspecified atom stereocenters. The molecular weight excluding hydrogens is 426 g/mol. The number of imidazole rings is 1. The van der Waals surface area contributed by atoms with Crippen molar-refractivity contribution in [2.24, 2.45) is 24.8 Å². The second kappa shape index (κ2) is 9.72. The van der Waals surface area contributed by atoms with Crippen molar-refractivity contribution in [3.05, 3.63) is 48.0 Å². The highest BCUT2D eigenvalue weighted by Gasteiger charge is 2.51. The van der Waals surface area contributed by atoms with Gasteiger partial charge in [0.05, 0.1) is 31.5 Å². The molecule has 0 radical (unpaired) electrons. The van der Waals surface area contributed by atoms with Crippen LogP contribution in [0.15, 0.2) is 36.7 Å². The number of aromatic nitrogens is 2. The van der Waals surface area contributed by atoms with E-state index in [0.717, 1.165) is 34.9 Å². The number of nitrogens with one attached hydrogen (secondary N) is 1. The van der Waals surface area contributed by atoms with Gasteiger partial charge in [-0.15, -0.1) is 12.4 Å². The molecule has 2 N–H and O–H groups in total. The fourth-order valence-electron chi connectivity index (χ4n) is 6.63. The predicted molar refractivity (Wildman–Crippen MR) is 126 cm³/mol. The standard InChI is InChI=1S/C25H35N3O3.ClH/c1-28-7-6-26-24(28)23(20-4-3-5-22(11-20)30-2)27-15-21(29)16-31-25-12-17-8-18(13-25)10-19(9-17)14-25;/h3-7,11,17-19,21,23,27,29H,8-10,12-16H2,1-2H3;1H. The molecule has 176 valence electrons. The van der Waals surface area contributed by atoms with Crippen molar-refractivity contribution >= 4 is 12.4 Å². The summed E-state index contributed by atoms with van der Waals surface area (Å²) in [4.78, 5) is 4.55. The average molecular weight is 462 g/mol.